The van der Waals surface area contributed by atoms with Gasteiger partial charge in [-0.3, -0.25) is 19.6 Å². The molecule has 0 saturated carbocycles. The average Bonchev–Trinajstić information content (AvgIpc) is 3.44. The summed E-state index contributed by atoms with van der Waals surface area (Å²) in [5.41, 5.74) is 7.85. The van der Waals surface area contributed by atoms with E-state index >= 15 is 0 Å². The van der Waals surface area contributed by atoms with E-state index in [-0.39, 0.29) is 31.1 Å². The Morgan fingerprint density at radius 2 is 1.44 bits per heavy atom. The fourth-order valence-electron chi connectivity index (χ4n) is 7.78. The van der Waals surface area contributed by atoms with Gasteiger partial charge in [-0.25, -0.2) is 0 Å². The normalized spacial score (nSPS) is 20.3. The van der Waals surface area contributed by atoms with Crippen LogP contribution in [0.4, 0.5) is 17.1 Å². The zero-order chi connectivity index (χ0) is 37.6. The summed E-state index contributed by atoms with van der Waals surface area (Å²) in [5, 5.41) is 3.23. The number of hydrogen-bond acceptors (Lipinski definition) is 9. The number of nitrogens with zero attached hydrogens (tertiary/aromatic N) is 4. The van der Waals surface area contributed by atoms with Gasteiger partial charge in [-0.1, -0.05) is 35.9 Å². The molecular formula is C43H43N5O6. The van der Waals surface area contributed by atoms with Gasteiger partial charge in [-0.2, -0.15) is 0 Å². The van der Waals surface area contributed by atoms with Crippen molar-refractivity contribution in [3.05, 3.63) is 112 Å². The minimum Gasteiger partial charge on any atom is -0.493 e. The van der Waals surface area contributed by atoms with E-state index in [1.807, 2.05) is 73.5 Å². The Morgan fingerprint density at radius 1 is 0.815 bits per heavy atom. The van der Waals surface area contributed by atoms with Crippen LogP contribution >= 0.6 is 0 Å². The molecule has 4 aromatic carbocycles. The van der Waals surface area contributed by atoms with Crippen molar-refractivity contribution in [2.45, 2.75) is 58.0 Å². The molecule has 0 bridgehead atoms. The van der Waals surface area contributed by atoms with Crippen molar-refractivity contribution in [3.8, 4) is 23.0 Å². The number of methoxy groups -OCH3 is 2. The van der Waals surface area contributed by atoms with Crippen molar-refractivity contribution in [3.63, 3.8) is 0 Å². The second-order valence-electron chi connectivity index (χ2n) is 14.3. The number of rotatable bonds is 9. The number of amides is 2. The van der Waals surface area contributed by atoms with Gasteiger partial charge >= 0.3 is 0 Å². The van der Waals surface area contributed by atoms with E-state index in [1.54, 1.807) is 38.5 Å². The van der Waals surface area contributed by atoms with Crippen LogP contribution in [0.3, 0.4) is 0 Å². The minimum atomic E-state index is -0.491. The van der Waals surface area contributed by atoms with Gasteiger partial charge in [0, 0.05) is 50.4 Å². The van der Waals surface area contributed by atoms with Crippen LogP contribution in [-0.2, 0) is 26.2 Å². The predicted molar refractivity (Wildman–Crippen MR) is 209 cm³/mol. The lowest BCUT2D eigenvalue weighted by Crippen LogP contribution is -2.45. The van der Waals surface area contributed by atoms with Crippen LogP contribution in [-0.4, -0.2) is 73.4 Å². The highest BCUT2D eigenvalue weighted by Crippen LogP contribution is 2.42. The molecule has 1 unspecified atom stereocenters. The zero-order valence-electron chi connectivity index (χ0n) is 31.1. The maximum atomic E-state index is 13.8. The Bertz CT molecular complexity index is 2260. The van der Waals surface area contributed by atoms with Crippen LogP contribution in [0, 0.1) is 0 Å². The summed E-state index contributed by atoms with van der Waals surface area (Å²) in [6.07, 6.45) is 7.29. The topological polar surface area (TPSA) is 114 Å². The highest BCUT2D eigenvalue weighted by atomic mass is 16.5. The van der Waals surface area contributed by atoms with Gasteiger partial charge in [0.25, 0.3) is 11.8 Å². The van der Waals surface area contributed by atoms with Crippen molar-refractivity contribution < 1.29 is 28.5 Å². The van der Waals surface area contributed by atoms with Crippen LogP contribution in [0.5, 0.6) is 23.0 Å². The standard InChI is InChI=1S/C43H43N5O6/c1-6-26-19-43(2)25-46-36-18-40(38(52-5)16-34(36)42(50)48(43)21-26)54-24-28-11-27(12-31(13-28)44-3)23-53-39-17-35-33(15-37(39)51-4)41(49)47-22-30-10-8-7-9-29(30)14-32(47)20-45-35/h6-13,15-18,20,25,32,44H,14,19,21-24H2,1-5H3/b26-6-/t32?,43-/m0/s1. The van der Waals surface area contributed by atoms with Crippen molar-refractivity contribution in [1.29, 1.82) is 0 Å². The van der Waals surface area contributed by atoms with Gasteiger partial charge in [-0.05, 0) is 79.3 Å². The molecule has 8 rings (SSSR count). The molecule has 0 radical (unpaired) electrons. The minimum absolute atomic E-state index is 0.0793. The summed E-state index contributed by atoms with van der Waals surface area (Å²) in [5.74, 6) is 1.72. The smallest absolute Gasteiger partial charge is 0.257 e. The number of anilines is 1. The molecule has 1 saturated heterocycles. The summed E-state index contributed by atoms with van der Waals surface area (Å²) in [6.45, 7) is 5.61. The van der Waals surface area contributed by atoms with E-state index in [2.05, 4.69) is 23.5 Å². The molecule has 276 valence electrons. The summed E-state index contributed by atoms with van der Waals surface area (Å²) >= 11 is 0. The van der Waals surface area contributed by atoms with Crippen LogP contribution in [0.15, 0.2) is 88.4 Å². The molecule has 2 amide bonds. The van der Waals surface area contributed by atoms with Crippen molar-refractivity contribution in [1.82, 2.24) is 9.80 Å². The second-order valence-corrected chi connectivity index (χ2v) is 14.3. The molecule has 2 atom stereocenters. The molecule has 4 aliphatic heterocycles. The SMILES string of the molecule is C/C=C1\CN2C(=O)c3cc(OC)c(OCc4cc(COc5cc6c(cc5OC)C(=O)N5Cc7ccccc7CC5C=N6)cc(NC)c4)cc3N=C[C@]2(C)C1. The predicted octanol–water partition coefficient (Wildman–Crippen LogP) is 7.45. The summed E-state index contributed by atoms with van der Waals surface area (Å²) in [4.78, 5) is 40.8. The molecule has 0 aromatic heterocycles. The Kier molecular flexibility index (Phi) is 9.09. The molecule has 11 heteroatoms. The van der Waals surface area contributed by atoms with E-state index in [1.165, 1.54) is 11.1 Å². The largest absolute Gasteiger partial charge is 0.493 e. The third kappa shape index (κ3) is 6.33. The van der Waals surface area contributed by atoms with Crippen LogP contribution in [0.2, 0.25) is 0 Å². The zero-order valence-corrected chi connectivity index (χ0v) is 31.1. The third-order valence-corrected chi connectivity index (χ3v) is 10.8. The maximum absolute atomic E-state index is 13.8. The number of aliphatic imine (C=N–C) groups is 2. The van der Waals surface area contributed by atoms with Gasteiger partial charge in [-0.15, -0.1) is 0 Å². The Labute approximate surface area is 314 Å². The Morgan fingerprint density at radius 3 is 2.07 bits per heavy atom. The molecule has 4 aliphatic rings. The summed E-state index contributed by atoms with van der Waals surface area (Å²) in [6, 6.07) is 21.1. The fourth-order valence-corrected chi connectivity index (χ4v) is 7.78. The first-order valence-electron chi connectivity index (χ1n) is 18.1. The van der Waals surface area contributed by atoms with Crippen LogP contribution in [0.1, 0.15) is 63.2 Å². The van der Waals surface area contributed by atoms with Crippen LogP contribution in [0.25, 0.3) is 0 Å². The van der Waals surface area contributed by atoms with Crippen molar-refractivity contribution in [2.24, 2.45) is 9.98 Å². The summed E-state index contributed by atoms with van der Waals surface area (Å²) in [7, 11) is 4.99. The Hall–Kier alpha value is -6.10. The molecule has 0 aliphatic carbocycles. The lowest BCUT2D eigenvalue weighted by Gasteiger charge is -2.34. The molecule has 4 heterocycles. The number of allylic oxidation sites excluding steroid dienone is 1. The number of hydrogen-bond donors (Lipinski definition) is 1. The average molecular weight is 726 g/mol. The van der Waals surface area contributed by atoms with E-state index < -0.39 is 5.54 Å². The number of carbonyl (C=O) groups is 2. The molecule has 54 heavy (non-hydrogen) atoms. The number of benzene rings is 4. The molecule has 11 nitrogen and oxygen atoms in total. The quantitative estimate of drug-likeness (QED) is 0.178. The lowest BCUT2D eigenvalue weighted by atomic mass is 9.94. The van der Waals surface area contributed by atoms with Crippen molar-refractivity contribution in [2.75, 3.05) is 33.1 Å². The second kappa shape index (κ2) is 14.0. The highest BCUT2D eigenvalue weighted by Gasteiger charge is 2.43. The molecule has 4 aromatic rings. The number of carbonyl (C=O) groups excluding carboxylic acids is 2. The lowest BCUT2D eigenvalue weighted by molar-refractivity contribution is 0.0699. The first-order chi connectivity index (χ1) is 26.2. The third-order valence-electron chi connectivity index (χ3n) is 10.8. The monoisotopic (exact) mass is 725 g/mol. The first-order valence-corrected chi connectivity index (χ1v) is 18.1. The molecular weight excluding hydrogens is 683 g/mol. The number of nitrogens with one attached hydrogen (secondary N) is 1. The van der Waals surface area contributed by atoms with Gasteiger partial charge in [0.15, 0.2) is 23.0 Å². The van der Waals surface area contributed by atoms with E-state index in [9.17, 15) is 9.59 Å². The highest BCUT2D eigenvalue weighted by molar-refractivity contribution is 6.05. The molecule has 0 spiro atoms. The summed E-state index contributed by atoms with van der Waals surface area (Å²) < 4.78 is 24.1. The first kappa shape index (κ1) is 35.0. The van der Waals surface area contributed by atoms with Gasteiger partial charge in [0.1, 0.15) is 13.2 Å². The van der Waals surface area contributed by atoms with Gasteiger partial charge < -0.3 is 34.1 Å². The van der Waals surface area contributed by atoms with E-state index in [4.69, 9.17) is 28.9 Å². The van der Waals surface area contributed by atoms with Crippen LogP contribution < -0.4 is 24.3 Å². The van der Waals surface area contributed by atoms with E-state index in [0.717, 1.165) is 35.2 Å². The molecule has 1 fully saturated rings. The van der Waals surface area contributed by atoms with E-state index in [0.29, 0.717) is 58.6 Å². The maximum Gasteiger partial charge on any atom is 0.257 e. The fraction of sp³-hybridized carbons (Fsp3) is 0.302. The van der Waals surface area contributed by atoms with Gasteiger partial charge in [0.2, 0.25) is 0 Å². The Balaban J connectivity index is 1.00. The van der Waals surface area contributed by atoms with Crippen molar-refractivity contribution >= 4 is 41.3 Å². The molecule has 1 N–H and O–H groups in total. The number of ether oxygens (including phenoxy) is 4. The number of fused-ring (bicyclic) bond motifs is 5. The van der Waals surface area contributed by atoms with Gasteiger partial charge in [0.05, 0.1) is 48.3 Å².